The summed E-state index contributed by atoms with van der Waals surface area (Å²) in [6.07, 6.45) is 0.149. The number of amides is 1. The van der Waals surface area contributed by atoms with Crippen molar-refractivity contribution in [1.82, 2.24) is 10.6 Å². The van der Waals surface area contributed by atoms with Crippen molar-refractivity contribution in [2.45, 2.75) is 24.8 Å². The van der Waals surface area contributed by atoms with Crippen molar-refractivity contribution in [3.63, 3.8) is 0 Å². The lowest BCUT2D eigenvalue weighted by atomic mass is 10.1. The van der Waals surface area contributed by atoms with Crippen LogP contribution in [0.2, 0.25) is 0 Å². The SMILES string of the molecule is N#Cc1ccc(CCNC(=O)[C@@H]2CC(F)(F)CN2)cc1. The van der Waals surface area contributed by atoms with E-state index in [0.717, 1.165) is 5.56 Å². The number of carbonyl (C=O) groups excluding carboxylic acids is 1. The number of nitrogens with zero attached hydrogens (tertiary/aromatic N) is 1. The van der Waals surface area contributed by atoms with Crippen LogP contribution >= 0.6 is 0 Å². The van der Waals surface area contributed by atoms with Gasteiger partial charge in [-0.15, -0.1) is 0 Å². The number of nitrogens with one attached hydrogen (secondary N) is 2. The first-order valence-electron chi connectivity index (χ1n) is 6.38. The first-order valence-corrected chi connectivity index (χ1v) is 6.38. The minimum absolute atomic E-state index is 0.383. The standard InChI is InChI=1S/C14H15F2N3O/c15-14(16)7-12(19-9-14)13(20)18-6-5-10-1-3-11(8-17)4-2-10/h1-4,12,19H,5-7,9H2,(H,18,20)/t12-/m0/s1. The fourth-order valence-electron chi connectivity index (χ4n) is 2.10. The van der Waals surface area contributed by atoms with Crippen LogP contribution in [0.3, 0.4) is 0 Å². The highest BCUT2D eigenvalue weighted by Gasteiger charge is 2.42. The van der Waals surface area contributed by atoms with E-state index >= 15 is 0 Å². The van der Waals surface area contributed by atoms with Gasteiger partial charge in [-0.3, -0.25) is 10.1 Å². The zero-order valence-electron chi connectivity index (χ0n) is 10.8. The molecular formula is C14H15F2N3O. The van der Waals surface area contributed by atoms with Crippen LogP contribution in [0.25, 0.3) is 0 Å². The fraction of sp³-hybridized carbons (Fsp3) is 0.429. The van der Waals surface area contributed by atoms with E-state index in [1.807, 2.05) is 18.2 Å². The van der Waals surface area contributed by atoms with E-state index < -0.39 is 30.8 Å². The van der Waals surface area contributed by atoms with Crippen molar-refractivity contribution in [1.29, 1.82) is 5.26 Å². The molecule has 106 valence electrons. The summed E-state index contributed by atoms with van der Waals surface area (Å²) >= 11 is 0. The van der Waals surface area contributed by atoms with Crippen molar-refractivity contribution in [2.24, 2.45) is 0 Å². The monoisotopic (exact) mass is 279 g/mol. The second-order valence-electron chi connectivity index (χ2n) is 4.84. The summed E-state index contributed by atoms with van der Waals surface area (Å²) in [5.74, 6) is -3.19. The largest absolute Gasteiger partial charge is 0.354 e. The first-order chi connectivity index (χ1) is 9.50. The number of alkyl halides is 2. The van der Waals surface area contributed by atoms with Gasteiger partial charge >= 0.3 is 0 Å². The smallest absolute Gasteiger partial charge is 0.262 e. The van der Waals surface area contributed by atoms with E-state index in [9.17, 15) is 13.6 Å². The van der Waals surface area contributed by atoms with Crippen molar-refractivity contribution < 1.29 is 13.6 Å². The molecule has 2 rings (SSSR count). The molecule has 1 fully saturated rings. The molecule has 6 heteroatoms. The van der Waals surface area contributed by atoms with Crippen molar-refractivity contribution in [2.75, 3.05) is 13.1 Å². The summed E-state index contributed by atoms with van der Waals surface area (Å²) in [7, 11) is 0. The van der Waals surface area contributed by atoms with Gasteiger partial charge in [0.15, 0.2) is 0 Å². The second kappa shape index (κ2) is 5.97. The molecular weight excluding hydrogens is 264 g/mol. The molecule has 1 aliphatic heterocycles. The zero-order valence-corrected chi connectivity index (χ0v) is 10.8. The normalized spacial score (nSPS) is 20.4. The van der Waals surface area contributed by atoms with Gasteiger partial charge in [0.1, 0.15) is 0 Å². The Bertz CT molecular complexity index is 522. The van der Waals surface area contributed by atoms with E-state index in [-0.39, 0.29) is 0 Å². The molecule has 0 unspecified atom stereocenters. The van der Waals surface area contributed by atoms with Crippen LogP contribution in [0.15, 0.2) is 24.3 Å². The molecule has 20 heavy (non-hydrogen) atoms. The molecule has 1 saturated heterocycles. The number of hydrogen-bond acceptors (Lipinski definition) is 3. The van der Waals surface area contributed by atoms with Gasteiger partial charge in [-0.1, -0.05) is 12.1 Å². The Morgan fingerprint density at radius 3 is 2.70 bits per heavy atom. The zero-order chi connectivity index (χ0) is 14.6. The van der Waals surface area contributed by atoms with Crippen LogP contribution in [-0.2, 0) is 11.2 Å². The number of hydrogen-bond donors (Lipinski definition) is 2. The summed E-state index contributed by atoms with van der Waals surface area (Å²) in [6.45, 7) is -0.0603. The van der Waals surface area contributed by atoms with Crippen molar-refractivity contribution >= 4 is 5.91 Å². The van der Waals surface area contributed by atoms with Gasteiger partial charge in [0.05, 0.1) is 24.2 Å². The number of rotatable bonds is 4. The third-order valence-corrected chi connectivity index (χ3v) is 3.22. The summed E-state index contributed by atoms with van der Waals surface area (Å²) < 4.78 is 25.9. The fourth-order valence-corrected chi connectivity index (χ4v) is 2.10. The van der Waals surface area contributed by atoms with Crippen LogP contribution in [0.1, 0.15) is 17.5 Å². The van der Waals surface area contributed by atoms with Gasteiger partial charge in [-0.25, -0.2) is 8.78 Å². The Morgan fingerprint density at radius 2 is 2.15 bits per heavy atom. The van der Waals surface area contributed by atoms with Crippen molar-refractivity contribution in [3.8, 4) is 6.07 Å². The topological polar surface area (TPSA) is 64.9 Å². The summed E-state index contributed by atoms with van der Waals surface area (Å²) in [6, 6.07) is 8.24. The molecule has 1 aliphatic rings. The van der Waals surface area contributed by atoms with E-state index in [1.165, 1.54) is 0 Å². The maximum atomic E-state index is 12.9. The Kier molecular flexibility index (Phi) is 4.30. The van der Waals surface area contributed by atoms with E-state index in [1.54, 1.807) is 12.1 Å². The number of halogens is 2. The van der Waals surface area contributed by atoms with Crippen LogP contribution in [0.4, 0.5) is 8.78 Å². The molecule has 1 amide bonds. The van der Waals surface area contributed by atoms with Gasteiger partial charge in [0.2, 0.25) is 5.91 Å². The molecule has 1 aromatic carbocycles. The van der Waals surface area contributed by atoms with E-state index in [2.05, 4.69) is 10.6 Å². The minimum Gasteiger partial charge on any atom is -0.354 e. The molecule has 0 radical (unpaired) electrons. The third kappa shape index (κ3) is 3.75. The number of nitriles is 1. The van der Waals surface area contributed by atoms with Crippen LogP contribution in [0.5, 0.6) is 0 Å². The Hall–Kier alpha value is -2.00. The average molecular weight is 279 g/mol. The molecule has 1 atom stereocenters. The maximum Gasteiger partial charge on any atom is 0.262 e. The number of benzene rings is 1. The van der Waals surface area contributed by atoms with Gasteiger partial charge in [-0.05, 0) is 24.1 Å². The molecule has 0 aliphatic carbocycles. The van der Waals surface area contributed by atoms with Crippen molar-refractivity contribution in [3.05, 3.63) is 35.4 Å². The predicted octanol–water partition coefficient (Wildman–Crippen LogP) is 1.21. The average Bonchev–Trinajstić information content (AvgIpc) is 2.80. The molecule has 0 saturated carbocycles. The van der Waals surface area contributed by atoms with Gasteiger partial charge in [0.25, 0.3) is 5.92 Å². The highest BCUT2D eigenvalue weighted by atomic mass is 19.3. The minimum atomic E-state index is -2.80. The molecule has 2 N–H and O–H groups in total. The van der Waals surface area contributed by atoms with Gasteiger partial charge < -0.3 is 5.32 Å². The van der Waals surface area contributed by atoms with E-state index in [4.69, 9.17) is 5.26 Å². The molecule has 1 aromatic rings. The predicted molar refractivity (Wildman–Crippen MR) is 69.2 cm³/mol. The molecule has 4 nitrogen and oxygen atoms in total. The van der Waals surface area contributed by atoms with Crippen LogP contribution in [0, 0.1) is 11.3 Å². The Labute approximate surface area is 115 Å². The Balaban J connectivity index is 1.75. The molecule has 0 spiro atoms. The van der Waals surface area contributed by atoms with Gasteiger partial charge in [-0.2, -0.15) is 5.26 Å². The summed E-state index contributed by atoms with van der Waals surface area (Å²) in [5, 5.41) is 13.8. The maximum absolute atomic E-state index is 12.9. The lowest BCUT2D eigenvalue weighted by Crippen LogP contribution is -2.41. The lowest BCUT2D eigenvalue weighted by Gasteiger charge is -2.11. The summed E-state index contributed by atoms with van der Waals surface area (Å²) in [4.78, 5) is 11.7. The Morgan fingerprint density at radius 1 is 1.45 bits per heavy atom. The third-order valence-electron chi connectivity index (χ3n) is 3.22. The quantitative estimate of drug-likeness (QED) is 0.871. The van der Waals surface area contributed by atoms with E-state index in [0.29, 0.717) is 18.5 Å². The summed E-state index contributed by atoms with van der Waals surface area (Å²) in [5.41, 5.74) is 1.56. The number of carbonyl (C=O) groups is 1. The highest BCUT2D eigenvalue weighted by Crippen LogP contribution is 2.24. The van der Waals surface area contributed by atoms with Crippen LogP contribution < -0.4 is 10.6 Å². The second-order valence-corrected chi connectivity index (χ2v) is 4.84. The highest BCUT2D eigenvalue weighted by molar-refractivity contribution is 5.82. The lowest BCUT2D eigenvalue weighted by molar-refractivity contribution is -0.123. The molecule has 0 bridgehead atoms. The van der Waals surface area contributed by atoms with Crippen LogP contribution in [-0.4, -0.2) is 31.0 Å². The van der Waals surface area contributed by atoms with Gasteiger partial charge in [0, 0.05) is 13.0 Å². The first kappa shape index (κ1) is 14.4. The molecule has 0 aromatic heterocycles. The molecule has 1 heterocycles.